The van der Waals surface area contributed by atoms with Crippen LogP contribution in [0.4, 0.5) is 0 Å². The highest BCUT2D eigenvalue weighted by atomic mass is 16.2. The first-order valence-electron chi connectivity index (χ1n) is 7.49. The summed E-state index contributed by atoms with van der Waals surface area (Å²) >= 11 is 0. The maximum Gasteiger partial charge on any atom is 0.222 e. The maximum atomic E-state index is 12.1. The van der Waals surface area contributed by atoms with Gasteiger partial charge < -0.3 is 10.6 Å². The van der Waals surface area contributed by atoms with Crippen molar-refractivity contribution in [3.63, 3.8) is 0 Å². The highest BCUT2D eigenvalue weighted by molar-refractivity contribution is 5.78. The van der Waals surface area contributed by atoms with E-state index in [1.54, 1.807) is 0 Å². The van der Waals surface area contributed by atoms with Crippen LogP contribution in [0.15, 0.2) is 18.2 Å². The molecule has 1 heterocycles. The topological polar surface area (TPSA) is 46.3 Å². The largest absolute Gasteiger partial charge is 0.340 e. The Morgan fingerprint density at radius 3 is 2.60 bits per heavy atom. The van der Waals surface area contributed by atoms with Crippen molar-refractivity contribution in [3.05, 3.63) is 34.9 Å². The molecule has 2 N–H and O–H groups in total. The van der Waals surface area contributed by atoms with E-state index in [4.69, 9.17) is 5.73 Å². The Kier molecular flexibility index (Phi) is 4.48. The Hall–Kier alpha value is -1.35. The van der Waals surface area contributed by atoms with Gasteiger partial charge in [-0.2, -0.15) is 0 Å². The van der Waals surface area contributed by atoms with Crippen LogP contribution in [-0.4, -0.2) is 23.9 Å². The molecule has 20 heavy (non-hydrogen) atoms. The first-order valence-corrected chi connectivity index (χ1v) is 7.49. The molecule has 1 aromatic rings. The quantitative estimate of drug-likeness (QED) is 0.917. The monoisotopic (exact) mass is 274 g/mol. The number of likely N-dealkylation sites (tertiary alicyclic amines) is 1. The minimum Gasteiger partial charge on any atom is -0.340 e. The van der Waals surface area contributed by atoms with Crippen LogP contribution < -0.4 is 5.73 Å². The zero-order chi connectivity index (χ0) is 14.9. The number of nitrogens with zero attached hydrogens (tertiary/aromatic N) is 1. The van der Waals surface area contributed by atoms with Crippen molar-refractivity contribution in [1.82, 2.24) is 4.90 Å². The number of amides is 1. The van der Waals surface area contributed by atoms with Crippen molar-refractivity contribution in [2.24, 2.45) is 17.6 Å². The molecule has 1 saturated heterocycles. The molecule has 3 heteroatoms. The van der Waals surface area contributed by atoms with E-state index in [9.17, 15) is 4.79 Å². The number of carbonyl (C=O) groups is 1. The lowest BCUT2D eigenvalue weighted by atomic mass is 9.95. The van der Waals surface area contributed by atoms with Crippen molar-refractivity contribution in [2.45, 2.75) is 40.2 Å². The smallest absolute Gasteiger partial charge is 0.222 e. The second-order valence-corrected chi connectivity index (χ2v) is 6.47. The molecule has 0 saturated carbocycles. The number of hydrogen-bond acceptors (Lipinski definition) is 2. The highest BCUT2D eigenvalue weighted by Gasteiger charge is 2.32. The van der Waals surface area contributed by atoms with E-state index in [2.05, 4.69) is 45.9 Å². The predicted molar refractivity (Wildman–Crippen MR) is 82.4 cm³/mol. The average molecular weight is 274 g/mol. The number of hydrogen-bond donors (Lipinski definition) is 1. The summed E-state index contributed by atoms with van der Waals surface area (Å²) in [6.45, 7) is 10.0. The van der Waals surface area contributed by atoms with Gasteiger partial charge in [0, 0.05) is 25.6 Å². The van der Waals surface area contributed by atoms with Gasteiger partial charge in [0.2, 0.25) is 5.91 Å². The molecular weight excluding hydrogens is 248 g/mol. The second kappa shape index (κ2) is 5.96. The first-order chi connectivity index (χ1) is 9.38. The fourth-order valence-corrected chi connectivity index (χ4v) is 3.00. The Morgan fingerprint density at radius 2 is 2.05 bits per heavy atom. The summed E-state index contributed by atoms with van der Waals surface area (Å²) in [5, 5.41) is 0. The summed E-state index contributed by atoms with van der Waals surface area (Å²) in [4.78, 5) is 14.0. The molecule has 0 aromatic heterocycles. The lowest BCUT2D eigenvalue weighted by molar-refractivity contribution is -0.128. The molecule has 2 rings (SSSR count). The van der Waals surface area contributed by atoms with Gasteiger partial charge in [0.15, 0.2) is 0 Å². The number of nitrogens with two attached hydrogens (primary N) is 1. The number of rotatable bonds is 4. The molecule has 0 spiro atoms. The van der Waals surface area contributed by atoms with Gasteiger partial charge in [-0.05, 0) is 36.8 Å². The van der Waals surface area contributed by atoms with Crippen LogP contribution >= 0.6 is 0 Å². The highest BCUT2D eigenvalue weighted by Crippen LogP contribution is 2.27. The molecule has 0 radical (unpaired) electrons. The zero-order valence-corrected chi connectivity index (χ0v) is 13.0. The van der Waals surface area contributed by atoms with Crippen molar-refractivity contribution in [3.8, 4) is 0 Å². The summed E-state index contributed by atoms with van der Waals surface area (Å²) in [5.41, 5.74) is 9.92. The summed E-state index contributed by atoms with van der Waals surface area (Å²) in [5.74, 6) is 1.29. The molecule has 3 nitrogen and oxygen atoms in total. The van der Waals surface area contributed by atoms with E-state index < -0.39 is 0 Å². The molecule has 0 bridgehead atoms. The fraction of sp³-hybridized carbons (Fsp3) is 0.588. The summed E-state index contributed by atoms with van der Waals surface area (Å²) in [6.07, 6.45) is 0.678. The van der Waals surface area contributed by atoms with Gasteiger partial charge in [-0.15, -0.1) is 0 Å². The third-order valence-corrected chi connectivity index (χ3v) is 4.43. The molecule has 1 aromatic carbocycles. The van der Waals surface area contributed by atoms with Crippen molar-refractivity contribution in [1.29, 1.82) is 0 Å². The van der Waals surface area contributed by atoms with Crippen molar-refractivity contribution >= 4 is 5.91 Å². The van der Waals surface area contributed by atoms with E-state index >= 15 is 0 Å². The molecule has 1 aliphatic heterocycles. The molecular formula is C17H26N2O. The molecule has 1 amide bonds. The van der Waals surface area contributed by atoms with E-state index in [0.29, 0.717) is 24.8 Å². The third kappa shape index (κ3) is 3.21. The Balaban J connectivity index is 2.04. The van der Waals surface area contributed by atoms with Gasteiger partial charge in [0.25, 0.3) is 0 Å². The Morgan fingerprint density at radius 1 is 1.35 bits per heavy atom. The molecule has 1 fully saturated rings. The maximum absolute atomic E-state index is 12.1. The number of aryl methyl sites for hydroxylation is 2. The lowest BCUT2D eigenvalue weighted by Gasteiger charge is -2.23. The Bertz CT molecular complexity index is 496. The van der Waals surface area contributed by atoms with Gasteiger partial charge in [0.05, 0.1) is 0 Å². The van der Waals surface area contributed by atoms with Crippen molar-refractivity contribution < 1.29 is 4.79 Å². The lowest BCUT2D eigenvalue weighted by Crippen LogP contribution is -2.34. The molecule has 110 valence electrons. The number of carbonyl (C=O) groups excluding carboxylic acids is 1. The second-order valence-electron chi connectivity index (χ2n) is 6.47. The molecule has 2 atom stereocenters. The van der Waals surface area contributed by atoms with Gasteiger partial charge in [-0.25, -0.2) is 0 Å². The van der Waals surface area contributed by atoms with Crippen LogP contribution in [0.25, 0.3) is 0 Å². The molecule has 2 unspecified atom stereocenters. The van der Waals surface area contributed by atoms with Gasteiger partial charge >= 0.3 is 0 Å². The Labute approximate surface area is 122 Å². The van der Waals surface area contributed by atoms with E-state index in [-0.39, 0.29) is 11.9 Å². The van der Waals surface area contributed by atoms with Crippen LogP contribution in [0.1, 0.15) is 43.0 Å². The molecule has 0 aliphatic carbocycles. The average Bonchev–Trinajstić information content (AvgIpc) is 2.71. The zero-order valence-electron chi connectivity index (χ0n) is 13.0. The van der Waals surface area contributed by atoms with E-state index in [1.807, 2.05) is 4.90 Å². The minimum atomic E-state index is -0.0922. The van der Waals surface area contributed by atoms with Crippen LogP contribution in [-0.2, 0) is 4.79 Å². The summed E-state index contributed by atoms with van der Waals surface area (Å²) < 4.78 is 0. The summed E-state index contributed by atoms with van der Waals surface area (Å²) in [6, 6.07) is 6.24. The van der Waals surface area contributed by atoms with E-state index in [0.717, 1.165) is 12.1 Å². The minimum absolute atomic E-state index is 0.0922. The van der Waals surface area contributed by atoms with Gasteiger partial charge in [0.1, 0.15) is 0 Å². The van der Waals surface area contributed by atoms with Crippen LogP contribution in [0, 0.1) is 25.7 Å². The predicted octanol–water partition coefficient (Wildman–Crippen LogP) is 2.81. The number of benzene rings is 1. The standard InChI is InChI=1S/C17H26N2O/c1-11(2)14-8-17(20)19(9-14)10-16(18)15-6-5-12(3)7-13(15)4/h5-7,11,14,16H,8-10,18H2,1-4H3. The van der Waals surface area contributed by atoms with Crippen LogP contribution in [0.2, 0.25) is 0 Å². The molecule has 1 aliphatic rings. The van der Waals surface area contributed by atoms with Crippen LogP contribution in [0.3, 0.4) is 0 Å². The summed E-state index contributed by atoms with van der Waals surface area (Å²) in [7, 11) is 0. The third-order valence-electron chi connectivity index (χ3n) is 4.43. The van der Waals surface area contributed by atoms with Crippen LogP contribution in [0.5, 0.6) is 0 Å². The normalized spacial score (nSPS) is 20.8. The SMILES string of the molecule is Cc1ccc(C(N)CN2CC(C(C)C)CC2=O)c(C)c1. The fourth-order valence-electron chi connectivity index (χ4n) is 3.00. The first kappa shape index (κ1) is 15.0. The van der Waals surface area contributed by atoms with Crippen molar-refractivity contribution in [2.75, 3.05) is 13.1 Å². The van der Waals surface area contributed by atoms with Gasteiger partial charge in [-0.1, -0.05) is 37.6 Å². The van der Waals surface area contributed by atoms with E-state index in [1.165, 1.54) is 11.1 Å². The van der Waals surface area contributed by atoms with Gasteiger partial charge in [-0.3, -0.25) is 4.79 Å².